The summed E-state index contributed by atoms with van der Waals surface area (Å²) in [5.74, 6) is 1.28. The molecule has 2 saturated heterocycles. The predicted molar refractivity (Wildman–Crippen MR) is 133 cm³/mol. The lowest BCUT2D eigenvalue weighted by atomic mass is 10.1. The Bertz CT molecular complexity index is 864. The molecule has 4 rings (SSSR count). The van der Waals surface area contributed by atoms with Crippen LogP contribution in [-0.4, -0.2) is 54.5 Å². The molecule has 0 bridgehead atoms. The van der Waals surface area contributed by atoms with E-state index in [-0.39, 0.29) is 18.5 Å². The molecule has 0 N–H and O–H groups in total. The second kappa shape index (κ2) is 11.6. The van der Waals surface area contributed by atoms with Gasteiger partial charge in [0.05, 0.1) is 11.8 Å². The van der Waals surface area contributed by atoms with Crippen LogP contribution in [0.25, 0.3) is 0 Å². The number of hydrogen-bond donors (Lipinski definition) is 0. The molecule has 2 aromatic carbocycles. The van der Waals surface area contributed by atoms with Crippen molar-refractivity contribution in [1.29, 1.82) is 0 Å². The topological polar surface area (TPSA) is 36.0 Å². The summed E-state index contributed by atoms with van der Waals surface area (Å²) in [5, 5.41) is 0. The summed E-state index contributed by atoms with van der Waals surface area (Å²) in [6.45, 7) is 10.9. The van der Waals surface area contributed by atoms with Crippen LogP contribution >= 0.6 is 12.4 Å². The first kappa shape index (κ1) is 24.4. The Balaban J connectivity index is 0.00000289. The van der Waals surface area contributed by atoms with Crippen molar-refractivity contribution in [3.8, 4) is 5.75 Å². The zero-order valence-corrected chi connectivity index (χ0v) is 20.2. The van der Waals surface area contributed by atoms with Crippen molar-refractivity contribution in [3.05, 3.63) is 59.7 Å². The quantitative estimate of drug-likeness (QED) is 0.602. The van der Waals surface area contributed by atoms with Gasteiger partial charge in [0, 0.05) is 52.2 Å². The number of carbonyl (C=O) groups excluding carboxylic acids is 1. The average molecular weight is 458 g/mol. The van der Waals surface area contributed by atoms with Crippen LogP contribution in [0.1, 0.15) is 44.2 Å². The highest BCUT2D eigenvalue weighted by Crippen LogP contribution is 2.30. The number of likely N-dealkylation sites (tertiary alicyclic amines) is 1. The van der Waals surface area contributed by atoms with Crippen molar-refractivity contribution in [2.75, 3.05) is 37.6 Å². The molecule has 0 atom stereocenters. The van der Waals surface area contributed by atoms with Gasteiger partial charge in [-0.1, -0.05) is 36.4 Å². The lowest BCUT2D eigenvalue weighted by Gasteiger charge is -2.37. The molecule has 2 aromatic rings. The summed E-state index contributed by atoms with van der Waals surface area (Å²) in [5.41, 5.74) is 3.77. The van der Waals surface area contributed by atoms with Gasteiger partial charge < -0.3 is 14.5 Å². The van der Waals surface area contributed by atoms with Gasteiger partial charge >= 0.3 is 0 Å². The number of nitrogens with zero attached hydrogens (tertiary/aromatic N) is 3. The van der Waals surface area contributed by atoms with Crippen LogP contribution in [0.2, 0.25) is 0 Å². The van der Waals surface area contributed by atoms with E-state index in [2.05, 4.69) is 66.1 Å². The smallest absolute Gasteiger partial charge is 0.222 e. The molecule has 174 valence electrons. The van der Waals surface area contributed by atoms with Gasteiger partial charge in [-0.3, -0.25) is 9.69 Å². The number of para-hydroxylation sites is 2. The van der Waals surface area contributed by atoms with Crippen molar-refractivity contribution < 1.29 is 9.53 Å². The zero-order chi connectivity index (χ0) is 21.6. The van der Waals surface area contributed by atoms with E-state index in [1.54, 1.807) is 0 Å². The van der Waals surface area contributed by atoms with Crippen LogP contribution < -0.4 is 9.64 Å². The SMILES string of the molecule is CC(C)Oc1ccccc1N1CCN(Cc2ccc(CN3CCCCC3=O)cc2)CC1.Cl. The Morgan fingerprint density at radius 2 is 1.50 bits per heavy atom. The molecule has 2 heterocycles. The van der Waals surface area contributed by atoms with E-state index in [0.717, 1.165) is 64.4 Å². The Labute approximate surface area is 198 Å². The lowest BCUT2D eigenvalue weighted by Crippen LogP contribution is -2.46. The highest BCUT2D eigenvalue weighted by atomic mass is 35.5. The standard InChI is InChI=1S/C26H35N3O2.ClH/c1-21(2)31-25-8-4-3-7-24(25)28-17-15-27(16-18-28)19-22-10-12-23(13-11-22)20-29-14-6-5-9-26(29)30;/h3-4,7-8,10-13,21H,5-6,9,14-20H2,1-2H3;1H. The number of hydrogen-bond acceptors (Lipinski definition) is 4. The molecule has 2 aliphatic rings. The maximum atomic E-state index is 12.0. The third kappa shape index (κ3) is 6.39. The first-order valence-electron chi connectivity index (χ1n) is 11.7. The van der Waals surface area contributed by atoms with Crippen LogP contribution in [0.15, 0.2) is 48.5 Å². The van der Waals surface area contributed by atoms with Crippen LogP contribution in [0.5, 0.6) is 5.75 Å². The monoisotopic (exact) mass is 457 g/mol. The number of piperidine rings is 1. The highest BCUT2D eigenvalue weighted by Gasteiger charge is 2.21. The normalized spacial score (nSPS) is 17.4. The third-order valence-corrected chi connectivity index (χ3v) is 6.16. The number of amides is 1. The van der Waals surface area contributed by atoms with Crippen LogP contribution in [0.3, 0.4) is 0 Å². The molecule has 0 aliphatic carbocycles. The van der Waals surface area contributed by atoms with Gasteiger partial charge in [-0.25, -0.2) is 0 Å². The van der Waals surface area contributed by atoms with Crippen molar-refractivity contribution in [2.45, 2.75) is 52.3 Å². The molecule has 5 nitrogen and oxygen atoms in total. The maximum Gasteiger partial charge on any atom is 0.222 e. The van der Waals surface area contributed by atoms with Crippen molar-refractivity contribution in [2.24, 2.45) is 0 Å². The minimum Gasteiger partial charge on any atom is -0.489 e. The zero-order valence-electron chi connectivity index (χ0n) is 19.3. The Morgan fingerprint density at radius 1 is 0.844 bits per heavy atom. The molecule has 32 heavy (non-hydrogen) atoms. The molecule has 0 saturated carbocycles. The largest absolute Gasteiger partial charge is 0.489 e. The fraction of sp³-hybridized carbons (Fsp3) is 0.500. The van der Waals surface area contributed by atoms with Crippen molar-refractivity contribution in [1.82, 2.24) is 9.80 Å². The minimum absolute atomic E-state index is 0. The Kier molecular flexibility index (Phi) is 8.83. The molecule has 0 unspecified atom stereocenters. The van der Waals surface area contributed by atoms with Crippen molar-refractivity contribution in [3.63, 3.8) is 0 Å². The number of rotatable bonds is 7. The first-order valence-corrected chi connectivity index (χ1v) is 11.7. The molecule has 2 fully saturated rings. The Hall–Kier alpha value is -2.24. The van der Waals surface area contributed by atoms with E-state index in [0.29, 0.717) is 12.3 Å². The van der Waals surface area contributed by atoms with Crippen LogP contribution in [-0.2, 0) is 17.9 Å². The predicted octanol–water partition coefficient (Wildman–Crippen LogP) is 4.73. The lowest BCUT2D eigenvalue weighted by molar-refractivity contribution is -0.133. The summed E-state index contributed by atoms with van der Waals surface area (Å²) in [6, 6.07) is 17.2. The van der Waals surface area contributed by atoms with Gasteiger partial charge in [-0.05, 0) is 49.9 Å². The molecule has 1 amide bonds. The van der Waals surface area contributed by atoms with E-state index < -0.39 is 0 Å². The second-order valence-corrected chi connectivity index (χ2v) is 8.99. The van der Waals surface area contributed by atoms with Gasteiger partial charge in [0.2, 0.25) is 5.91 Å². The summed E-state index contributed by atoms with van der Waals surface area (Å²) in [7, 11) is 0. The average Bonchev–Trinajstić information content (AvgIpc) is 2.77. The molecule has 0 aromatic heterocycles. The number of carbonyl (C=O) groups is 1. The molecule has 0 spiro atoms. The number of anilines is 1. The van der Waals surface area contributed by atoms with Gasteiger partial charge in [-0.15, -0.1) is 12.4 Å². The number of benzene rings is 2. The maximum absolute atomic E-state index is 12.0. The molecule has 6 heteroatoms. The fourth-order valence-electron chi connectivity index (χ4n) is 4.48. The summed E-state index contributed by atoms with van der Waals surface area (Å²) in [4.78, 5) is 19.0. The van der Waals surface area contributed by atoms with Gasteiger partial charge in [-0.2, -0.15) is 0 Å². The number of halogens is 1. The number of piperazine rings is 1. The van der Waals surface area contributed by atoms with Crippen molar-refractivity contribution >= 4 is 24.0 Å². The summed E-state index contributed by atoms with van der Waals surface area (Å²) < 4.78 is 6.01. The van der Waals surface area contributed by atoms with Gasteiger partial charge in [0.25, 0.3) is 0 Å². The molecule has 0 radical (unpaired) electrons. The number of ether oxygens (including phenoxy) is 1. The Morgan fingerprint density at radius 3 is 2.16 bits per heavy atom. The van der Waals surface area contributed by atoms with E-state index in [4.69, 9.17) is 4.74 Å². The van der Waals surface area contributed by atoms with Gasteiger partial charge in [0.1, 0.15) is 5.75 Å². The van der Waals surface area contributed by atoms with E-state index in [1.165, 1.54) is 16.8 Å². The second-order valence-electron chi connectivity index (χ2n) is 8.99. The van der Waals surface area contributed by atoms with E-state index in [9.17, 15) is 4.79 Å². The third-order valence-electron chi connectivity index (χ3n) is 6.16. The van der Waals surface area contributed by atoms with E-state index in [1.807, 2.05) is 11.0 Å². The summed E-state index contributed by atoms with van der Waals surface area (Å²) in [6.07, 6.45) is 3.05. The highest BCUT2D eigenvalue weighted by molar-refractivity contribution is 5.85. The van der Waals surface area contributed by atoms with Crippen LogP contribution in [0.4, 0.5) is 5.69 Å². The first-order chi connectivity index (χ1) is 15.1. The van der Waals surface area contributed by atoms with Gasteiger partial charge in [0.15, 0.2) is 0 Å². The van der Waals surface area contributed by atoms with Crippen LogP contribution in [0, 0.1) is 0 Å². The molecule has 2 aliphatic heterocycles. The fourth-order valence-corrected chi connectivity index (χ4v) is 4.48. The molecular weight excluding hydrogens is 422 g/mol. The molecular formula is C26H36ClN3O2. The minimum atomic E-state index is 0. The summed E-state index contributed by atoms with van der Waals surface area (Å²) >= 11 is 0. The van der Waals surface area contributed by atoms with E-state index >= 15 is 0 Å².